The number of benzene rings is 1. The van der Waals surface area contributed by atoms with Crippen LogP contribution in [0, 0.1) is 5.92 Å². The van der Waals surface area contributed by atoms with E-state index in [-0.39, 0.29) is 5.91 Å². The first-order valence-electron chi connectivity index (χ1n) is 7.51. The third-order valence-electron chi connectivity index (χ3n) is 3.32. The van der Waals surface area contributed by atoms with E-state index in [9.17, 15) is 4.79 Å². The molecule has 0 saturated heterocycles. The Morgan fingerprint density at radius 2 is 1.90 bits per heavy atom. The van der Waals surface area contributed by atoms with Crippen LogP contribution in [0.25, 0.3) is 0 Å². The number of hydrogen-bond acceptors (Lipinski definition) is 2. The number of ether oxygens (including phenoxy) is 1. The quantitative estimate of drug-likeness (QED) is 0.701. The molecule has 0 spiro atoms. The van der Waals surface area contributed by atoms with Crippen molar-refractivity contribution in [1.29, 1.82) is 0 Å². The van der Waals surface area contributed by atoms with Crippen molar-refractivity contribution >= 4 is 5.91 Å². The van der Waals surface area contributed by atoms with Crippen molar-refractivity contribution in [3.8, 4) is 5.75 Å². The molecule has 0 unspecified atom stereocenters. The van der Waals surface area contributed by atoms with Gasteiger partial charge in [-0.3, -0.25) is 4.79 Å². The average Bonchev–Trinajstić information content (AvgIpc) is 2.44. The van der Waals surface area contributed by atoms with Gasteiger partial charge < -0.3 is 10.1 Å². The number of rotatable bonds is 9. The number of nitrogens with one attached hydrogen (secondary N) is 1. The Kier molecular flexibility index (Phi) is 7.78. The summed E-state index contributed by atoms with van der Waals surface area (Å²) in [5.41, 5.74) is 1.30. The van der Waals surface area contributed by atoms with E-state index in [0.717, 1.165) is 38.0 Å². The first kappa shape index (κ1) is 16.5. The molecule has 0 aliphatic heterocycles. The normalized spacial score (nSPS) is 10.6. The minimum absolute atomic E-state index is 0.181. The maximum atomic E-state index is 11.6. The molecule has 0 aliphatic carbocycles. The van der Waals surface area contributed by atoms with Crippen LogP contribution in [0.15, 0.2) is 24.3 Å². The van der Waals surface area contributed by atoms with E-state index >= 15 is 0 Å². The third kappa shape index (κ3) is 7.17. The Bertz CT molecular complexity index is 384. The molecule has 1 aromatic carbocycles. The Morgan fingerprint density at radius 3 is 2.50 bits per heavy atom. The molecule has 0 aliphatic rings. The van der Waals surface area contributed by atoms with E-state index < -0.39 is 0 Å². The number of aryl methyl sites for hydroxylation is 1. The van der Waals surface area contributed by atoms with Gasteiger partial charge in [0.05, 0.1) is 7.11 Å². The highest BCUT2D eigenvalue weighted by molar-refractivity contribution is 5.75. The molecule has 112 valence electrons. The van der Waals surface area contributed by atoms with Crippen LogP contribution in [-0.2, 0) is 11.2 Å². The van der Waals surface area contributed by atoms with Crippen LogP contribution < -0.4 is 10.1 Å². The summed E-state index contributed by atoms with van der Waals surface area (Å²) in [6, 6.07) is 8.13. The summed E-state index contributed by atoms with van der Waals surface area (Å²) >= 11 is 0. The highest BCUT2D eigenvalue weighted by Gasteiger charge is 2.02. The fourth-order valence-corrected chi connectivity index (χ4v) is 2.00. The summed E-state index contributed by atoms with van der Waals surface area (Å²) < 4.78 is 5.13. The van der Waals surface area contributed by atoms with Crippen LogP contribution in [0.3, 0.4) is 0 Å². The molecule has 0 fully saturated rings. The molecule has 0 radical (unpaired) electrons. The van der Waals surface area contributed by atoms with Crippen LogP contribution >= 0.6 is 0 Å². The predicted molar refractivity (Wildman–Crippen MR) is 83.0 cm³/mol. The Hall–Kier alpha value is -1.51. The molecule has 0 aromatic heterocycles. The summed E-state index contributed by atoms with van der Waals surface area (Å²) in [5.74, 6) is 1.71. The maximum absolute atomic E-state index is 11.6. The van der Waals surface area contributed by atoms with Gasteiger partial charge in [0.2, 0.25) is 5.91 Å². The van der Waals surface area contributed by atoms with Crippen molar-refractivity contribution in [2.24, 2.45) is 5.92 Å². The lowest BCUT2D eigenvalue weighted by Gasteiger charge is -2.07. The molecule has 3 heteroatoms. The second kappa shape index (κ2) is 9.40. The predicted octanol–water partition coefficient (Wildman–Crippen LogP) is 3.57. The maximum Gasteiger partial charge on any atom is 0.219 e. The van der Waals surface area contributed by atoms with Gasteiger partial charge in [0.1, 0.15) is 5.75 Å². The Morgan fingerprint density at radius 1 is 1.20 bits per heavy atom. The Balaban J connectivity index is 2.10. The highest BCUT2D eigenvalue weighted by atomic mass is 16.5. The van der Waals surface area contributed by atoms with Crippen molar-refractivity contribution in [1.82, 2.24) is 5.32 Å². The lowest BCUT2D eigenvalue weighted by molar-refractivity contribution is -0.121. The van der Waals surface area contributed by atoms with Crippen molar-refractivity contribution in [3.05, 3.63) is 29.8 Å². The lowest BCUT2D eigenvalue weighted by Crippen LogP contribution is -2.24. The van der Waals surface area contributed by atoms with E-state index in [1.807, 2.05) is 12.1 Å². The SMILES string of the molecule is COc1ccc(CCCCC(=O)NCCC(C)C)cc1. The summed E-state index contributed by atoms with van der Waals surface area (Å²) in [6.07, 6.45) is 4.69. The minimum Gasteiger partial charge on any atom is -0.497 e. The van der Waals surface area contributed by atoms with E-state index in [2.05, 4.69) is 31.3 Å². The van der Waals surface area contributed by atoms with Crippen LogP contribution in [-0.4, -0.2) is 19.6 Å². The summed E-state index contributed by atoms with van der Waals surface area (Å²) in [6.45, 7) is 5.14. The number of carbonyl (C=O) groups is 1. The molecule has 20 heavy (non-hydrogen) atoms. The highest BCUT2D eigenvalue weighted by Crippen LogP contribution is 2.13. The standard InChI is InChI=1S/C17H27NO2/c1-14(2)12-13-18-17(19)7-5-4-6-15-8-10-16(20-3)11-9-15/h8-11,14H,4-7,12-13H2,1-3H3,(H,18,19). The first-order chi connectivity index (χ1) is 9.61. The van der Waals surface area contributed by atoms with Crippen molar-refractivity contribution < 1.29 is 9.53 Å². The monoisotopic (exact) mass is 277 g/mol. The second-order valence-corrected chi connectivity index (χ2v) is 5.59. The summed E-state index contributed by atoms with van der Waals surface area (Å²) in [4.78, 5) is 11.6. The largest absolute Gasteiger partial charge is 0.497 e. The molecular formula is C17H27NO2. The van der Waals surface area contributed by atoms with Crippen molar-refractivity contribution in [2.45, 2.75) is 46.0 Å². The van der Waals surface area contributed by atoms with E-state index in [4.69, 9.17) is 4.74 Å². The number of hydrogen-bond donors (Lipinski definition) is 1. The molecule has 0 saturated carbocycles. The molecule has 1 amide bonds. The molecule has 0 heterocycles. The molecular weight excluding hydrogens is 250 g/mol. The fraction of sp³-hybridized carbons (Fsp3) is 0.588. The first-order valence-corrected chi connectivity index (χ1v) is 7.51. The van der Waals surface area contributed by atoms with E-state index in [1.165, 1.54) is 5.56 Å². The smallest absolute Gasteiger partial charge is 0.219 e. The fourth-order valence-electron chi connectivity index (χ4n) is 2.00. The van der Waals surface area contributed by atoms with Gasteiger partial charge in [-0.15, -0.1) is 0 Å². The minimum atomic E-state index is 0.181. The average molecular weight is 277 g/mol. The van der Waals surface area contributed by atoms with E-state index in [1.54, 1.807) is 7.11 Å². The number of unbranched alkanes of at least 4 members (excludes halogenated alkanes) is 1. The van der Waals surface area contributed by atoms with Gasteiger partial charge in [0, 0.05) is 13.0 Å². The summed E-state index contributed by atoms with van der Waals surface area (Å²) in [7, 11) is 1.67. The van der Waals surface area contributed by atoms with Gasteiger partial charge in [0.25, 0.3) is 0 Å². The third-order valence-corrected chi connectivity index (χ3v) is 3.32. The molecule has 1 N–H and O–H groups in total. The van der Waals surface area contributed by atoms with Crippen LogP contribution in [0.4, 0.5) is 0 Å². The molecule has 0 atom stereocenters. The van der Waals surface area contributed by atoms with Gasteiger partial charge in [0.15, 0.2) is 0 Å². The zero-order valence-electron chi connectivity index (χ0n) is 12.9. The number of carbonyl (C=O) groups excluding carboxylic acids is 1. The van der Waals surface area contributed by atoms with Crippen LogP contribution in [0.2, 0.25) is 0 Å². The zero-order valence-corrected chi connectivity index (χ0v) is 12.9. The molecule has 1 aromatic rings. The van der Waals surface area contributed by atoms with Gasteiger partial charge >= 0.3 is 0 Å². The molecule has 0 bridgehead atoms. The van der Waals surface area contributed by atoms with E-state index in [0.29, 0.717) is 12.3 Å². The summed E-state index contributed by atoms with van der Waals surface area (Å²) in [5, 5.41) is 2.97. The number of methoxy groups -OCH3 is 1. The van der Waals surface area contributed by atoms with Crippen LogP contribution in [0.1, 0.15) is 45.1 Å². The Labute approximate surface area is 122 Å². The van der Waals surface area contributed by atoms with Gasteiger partial charge in [-0.1, -0.05) is 26.0 Å². The molecule has 3 nitrogen and oxygen atoms in total. The van der Waals surface area contributed by atoms with Gasteiger partial charge in [-0.25, -0.2) is 0 Å². The van der Waals surface area contributed by atoms with Crippen molar-refractivity contribution in [3.63, 3.8) is 0 Å². The topological polar surface area (TPSA) is 38.3 Å². The van der Waals surface area contributed by atoms with Gasteiger partial charge in [-0.2, -0.15) is 0 Å². The van der Waals surface area contributed by atoms with Crippen LogP contribution in [0.5, 0.6) is 5.75 Å². The zero-order chi connectivity index (χ0) is 14.8. The van der Waals surface area contributed by atoms with Gasteiger partial charge in [-0.05, 0) is 49.3 Å². The lowest BCUT2D eigenvalue weighted by atomic mass is 10.1. The van der Waals surface area contributed by atoms with Crippen molar-refractivity contribution in [2.75, 3.05) is 13.7 Å². The second-order valence-electron chi connectivity index (χ2n) is 5.59. The number of amides is 1. The molecule has 1 rings (SSSR count).